The predicted molar refractivity (Wildman–Crippen MR) is 187 cm³/mol. The molecule has 0 atom stereocenters. The number of hydrogen-bond acceptors (Lipinski definition) is 7. The van der Waals surface area contributed by atoms with E-state index in [-0.39, 0.29) is 5.91 Å². The van der Waals surface area contributed by atoms with Crippen LogP contribution in [0.15, 0.2) is 36.4 Å². The fraction of sp³-hybridized carbons (Fsp3) is 0.629. The van der Waals surface area contributed by atoms with Gasteiger partial charge in [0, 0.05) is 56.8 Å². The first-order valence-corrected chi connectivity index (χ1v) is 18.6. The molecule has 2 aromatic carbocycles. The molecule has 0 radical (unpaired) electrons. The zero-order valence-electron chi connectivity index (χ0n) is 28.4. The van der Waals surface area contributed by atoms with Crippen LogP contribution >= 0.6 is 0 Å². The smallest absolute Gasteiger partial charge is 0.251 e. The second-order valence-electron chi connectivity index (χ2n) is 11.7. The van der Waals surface area contributed by atoms with Crippen LogP contribution in [0.1, 0.15) is 99.5 Å². The highest BCUT2D eigenvalue weighted by Gasteiger charge is 2.14. The molecule has 3 N–H and O–H groups in total. The summed E-state index contributed by atoms with van der Waals surface area (Å²) in [5, 5.41) is 6.44. The molecule has 45 heavy (non-hydrogen) atoms. The topological polar surface area (TPSA) is 109 Å². The van der Waals surface area contributed by atoms with Crippen LogP contribution in [0.2, 0.25) is 0 Å². The maximum absolute atomic E-state index is 13.1. The lowest BCUT2D eigenvalue weighted by molar-refractivity contribution is 0.0935. The first kappa shape index (κ1) is 38.4. The van der Waals surface area contributed by atoms with Crippen molar-refractivity contribution in [1.82, 2.24) is 10.0 Å². The molecule has 0 aliphatic rings. The highest BCUT2D eigenvalue weighted by molar-refractivity contribution is 7.88. The average Bonchev–Trinajstić information content (AvgIpc) is 3.01. The monoisotopic (exact) mass is 646 g/mol. The van der Waals surface area contributed by atoms with Gasteiger partial charge < -0.3 is 25.0 Å². The fourth-order valence-electron chi connectivity index (χ4n) is 5.22. The largest absolute Gasteiger partial charge is 0.494 e. The van der Waals surface area contributed by atoms with Crippen LogP contribution in [-0.2, 0) is 21.3 Å². The molecular formula is C35H58N4O5S. The summed E-state index contributed by atoms with van der Waals surface area (Å²) in [7, 11) is -1.61. The standard InChI is InChI=1S/C35H58N4O5S/c1-6-8-9-10-11-12-13-14-15-16-24-44-32-19-17-30(33(27-32)35(40)36-22-25-43-4)28-37-34-20-18-31(26-29(34)3)39(7-2)23-21-38-45(5,41)42/h17-20,26-27,37-38H,6-16,21-25,28H2,1-5H3,(H,36,40). The molecule has 0 fully saturated rings. The van der Waals surface area contributed by atoms with Gasteiger partial charge in [0.05, 0.1) is 19.5 Å². The number of nitrogens with one attached hydrogen (secondary N) is 3. The summed E-state index contributed by atoms with van der Waals surface area (Å²) in [6, 6.07) is 11.9. The summed E-state index contributed by atoms with van der Waals surface area (Å²) in [4.78, 5) is 15.3. The maximum atomic E-state index is 13.1. The molecule has 254 valence electrons. The van der Waals surface area contributed by atoms with Crippen LogP contribution in [-0.4, -0.2) is 67.1 Å². The number of carbonyl (C=O) groups is 1. The van der Waals surface area contributed by atoms with Crippen LogP contribution in [0.5, 0.6) is 5.75 Å². The molecule has 0 unspecified atom stereocenters. The lowest BCUT2D eigenvalue weighted by Gasteiger charge is -2.24. The Bertz CT molecular complexity index is 1240. The van der Waals surface area contributed by atoms with E-state index < -0.39 is 10.0 Å². The number of amides is 1. The third-order valence-corrected chi connectivity index (χ3v) is 8.58. The Kier molecular flexibility index (Phi) is 18.6. The van der Waals surface area contributed by atoms with E-state index in [0.717, 1.165) is 41.9 Å². The van der Waals surface area contributed by atoms with Crippen molar-refractivity contribution in [2.75, 3.05) is 63.0 Å². The minimum absolute atomic E-state index is 0.151. The molecule has 0 saturated carbocycles. The second-order valence-corrected chi connectivity index (χ2v) is 13.5. The summed E-state index contributed by atoms with van der Waals surface area (Å²) < 4.78 is 36.6. The van der Waals surface area contributed by atoms with Crippen LogP contribution in [0.25, 0.3) is 0 Å². The summed E-state index contributed by atoms with van der Waals surface area (Å²) >= 11 is 0. The van der Waals surface area contributed by atoms with Crippen molar-refractivity contribution in [3.63, 3.8) is 0 Å². The fourth-order valence-corrected chi connectivity index (χ4v) is 5.68. The van der Waals surface area contributed by atoms with E-state index in [4.69, 9.17) is 9.47 Å². The zero-order chi connectivity index (χ0) is 32.9. The Balaban J connectivity index is 1.96. The highest BCUT2D eigenvalue weighted by Crippen LogP contribution is 2.25. The molecule has 2 aromatic rings. The minimum atomic E-state index is -3.22. The van der Waals surface area contributed by atoms with Gasteiger partial charge in [0.2, 0.25) is 10.0 Å². The van der Waals surface area contributed by atoms with Crippen molar-refractivity contribution < 1.29 is 22.7 Å². The van der Waals surface area contributed by atoms with Gasteiger partial charge in [-0.05, 0) is 61.7 Å². The lowest BCUT2D eigenvalue weighted by atomic mass is 10.1. The number of rotatable bonds is 25. The first-order valence-electron chi connectivity index (χ1n) is 16.8. The van der Waals surface area contributed by atoms with Gasteiger partial charge in [-0.1, -0.05) is 70.8 Å². The number of unbranched alkanes of at least 4 members (excludes halogenated alkanes) is 9. The molecule has 0 heterocycles. The molecule has 1 amide bonds. The Morgan fingerprint density at radius 3 is 2.18 bits per heavy atom. The average molecular weight is 647 g/mol. The second kappa shape index (κ2) is 21.8. The number of carbonyl (C=O) groups excluding carboxylic acids is 1. The number of likely N-dealkylation sites (N-methyl/N-ethyl adjacent to an activating group) is 1. The number of aryl methyl sites for hydroxylation is 1. The summed E-state index contributed by atoms with van der Waals surface area (Å²) in [6.07, 6.45) is 13.9. The normalized spacial score (nSPS) is 11.4. The van der Waals surface area contributed by atoms with Crippen molar-refractivity contribution in [3.8, 4) is 5.75 Å². The highest BCUT2D eigenvalue weighted by atomic mass is 32.2. The van der Waals surface area contributed by atoms with Gasteiger partial charge in [-0.25, -0.2) is 13.1 Å². The lowest BCUT2D eigenvalue weighted by Crippen LogP contribution is -2.34. The number of hydrogen-bond donors (Lipinski definition) is 3. The minimum Gasteiger partial charge on any atom is -0.494 e. The van der Waals surface area contributed by atoms with Gasteiger partial charge in [-0.15, -0.1) is 0 Å². The maximum Gasteiger partial charge on any atom is 0.251 e. The van der Waals surface area contributed by atoms with E-state index in [9.17, 15) is 13.2 Å². The van der Waals surface area contributed by atoms with Crippen molar-refractivity contribution in [2.24, 2.45) is 0 Å². The van der Waals surface area contributed by atoms with Crippen molar-refractivity contribution >= 4 is 27.3 Å². The predicted octanol–water partition coefficient (Wildman–Crippen LogP) is 6.66. The van der Waals surface area contributed by atoms with Crippen LogP contribution in [0.4, 0.5) is 11.4 Å². The van der Waals surface area contributed by atoms with E-state index in [1.807, 2.05) is 44.2 Å². The molecule has 2 rings (SSSR count). The molecule has 0 aliphatic heterocycles. The SMILES string of the molecule is CCCCCCCCCCCCOc1ccc(CNc2ccc(N(CC)CCNS(C)(=O)=O)cc2C)c(C(=O)NCCOC)c1. The Morgan fingerprint density at radius 1 is 0.867 bits per heavy atom. The Hall–Kier alpha value is -2.82. The Labute approximate surface area is 272 Å². The van der Waals surface area contributed by atoms with E-state index in [2.05, 4.69) is 33.2 Å². The number of ether oxygens (including phenoxy) is 2. The molecule has 0 aromatic heterocycles. The number of sulfonamides is 1. The van der Waals surface area contributed by atoms with Gasteiger partial charge in [0.25, 0.3) is 5.91 Å². The van der Waals surface area contributed by atoms with Crippen LogP contribution in [0.3, 0.4) is 0 Å². The van der Waals surface area contributed by atoms with Gasteiger partial charge in [0.15, 0.2) is 0 Å². The van der Waals surface area contributed by atoms with Crippen LogP contribution < -0.4 is 25.0 Å². The summed E-state index contributed by atoms with van der Waals surface area (Å²) in [6.45, 7) is 10.0. The molecule has 0 saturated heterocycles. The Morgan fingerprint density at radius 2 is 1.56 bits per heavy atom. The number of nitrogens with zero attached hydrogens (tertiary/aromatic N) is 1. The summed E-state index contributed by atoms with van der Waals surface area (Å²) in [5.41, 5.74) is 4.52. The zero-order valence-corrected chi connectivity index (χ0v) is 29.2. The quantitative estimate of drug-likeness (QED) is 0.104. The summed E-state index contributed by atoms with van der Waals surface area (Å²) in [5.74, 6) is 0.554. The molecule has 9 nitrogen and oxygen atoms in total. The molecular weight excluding hydrogens is 588 g/mol. The van der Waals surface area contributed by atoms with E-state index >= 15 is 0 Å². The third kappa shape index (κ3) is 15.8. The number of methoxy groups -OCH3 is 1. The van der Waals surface area contributed by atoms with Crippen molar-refractivity contribution in [3.05, 3.63) is 53.1 Å². The van der Waals surface area contributed by atoms with Gasteiger partial charge >= 0.3 is 0 Å². The van der Waals surface area contributed by atoms with E-state index in [1.165, 1.54) is 57.6 Å². The van der Waals surface area contributed by atoms with Gasteiger partial charge in [-0.3, -0.25) is 4.79 Å². The van der Waals surface area contributed by atoms with E-state index in [0.29, 0.717) is 50.7 Å². The third-order valence-electron chi connectivity index (χ3n) is 7.86. The molecule has 10 heteroatoms. The number of anilines is 2. The molecule has 0 bridgehead atoms. The van der Waals surface area contributed by atoms with Crippen LogP contribution in [0, 0.1) is 6.92 Å². The first-order chi connectivity index (χ1) is 21.7. The molecule has 0 aliphatic carbocycles. The van der Waals surface area contributed by atoms with E-state index in [1.54, 1.807) is 7.11 Å². The van der Waals surface area contributed by atoms with Crippen molar-refractivity contribution in [1.29, 1.82) is 0 Å². The van der Waals surface area contributed by atoms with Gasteiger partial charge in [-0.2, -0.15) is 0 Å². The number of benzene rings is 2. The van der Waals surface area contributed by atoms with Crippen molar-refractivity contribution in [2.45, 2.75) is 91.5 Å². The molecule has 0 spiro atoms. The van der Waals surface area contributed by atoms with Gasteiger partial charge in [0.1, 0.15) is 5.75 Å².